The third kappa shape index (κ3) is 3.93. The van der Waals surface area contributed by atoms with Gasteiger partial charge in [-0.05, 0) is 25.2 Å². The fourth-order valence-electron chi connectivity index (χ4n) is 3.54. The first kappa shape index (κ1) is 15.7. The van der Waals surface area contributed by atoms with Gasteiger partial charge in [0.1, 0.15) is 0 Å². The molecular formula is C15H29N3O2. The highest BCUT2D eigenvalue weighted by molar-refractivity contribution is 5.79. The zero-order valence-electron chi connectivity index (χ0n) is 12.6. The molecule has 2 aliphatic rings. The maximum atomic E-state index is 12.6. The monoisotopic (exact) mass is 283 g/mol. The van der Waals surface area contributed by atoms with Crippen molar-refractivity contribution in [2.75, 3.05) is 39.3 Å². The van der Waals surface area contributed by atoms with Crippen molar-refractivity contribution in [1.29, 1.82) is 0 Å². The molecule has 1 amide bonds. The van der Waals surface area contributed by atoms with Crippen LogP contribution in [0.25, 0.3) is 0 Å². The number of nitrogens with two attached hydrogens (primary N) is 1. The molecule has 1 heterocycles. The zero-order chi connectivity index (χ0) is 14.5. The van der Waals surface area contributed by atoms with Crippen molar-refractivity contribution in [3.05, 3.63) is 0 Å². The summed E-state index contributed by atoms with van der Waals surface area (Å²) >= 11 is 0. The van der Waals surface area contributed by atoms with Gasteiger partial charge in [-0.2, -0.15) is 0 Å². The van der Waals surface area contributed by atoms with Gasteiger partial charge in [-0.25, -0.2) is 0 Å². The molecule has 1 aliphatic heterocycles. The Morgan fingerprint density at radius 2 is 2.00 bits per heavy atom. The first-order valence-corrected chi connectivity index (χ1v) is 7.99. The highest BCUT2D eigenvalue weighted by Gasteiger charge is 2.32. The molecule has 0 radical (unpaired) electrons. The summed E-state index contributed by atoms with van der Waals surface area (Å²) in [7, 11) is 0. The van der Waals surface area contributed by atoms with E-state index >= 15 is 0 Å². The first-order valence-electron chi connectivity index (χ1n) is 7.99. The fraction of sp³-hybridized carbons (Fsp3) is 0.933. The number of nitrogens with zero attached hydrogens (tertiary/aromatic N) is 2. The lowest BCUT2D eigenvalue weighted by Gasteiger charge is -2.38. The molecule has 0 bridgehead atoms. The number of piperazine rings is 1. The molecule has 0 spiro atoms. The second-order valence-electron chi connectivity index (χ2n) is 6.37. The molecule has 3 unspecified atom stereocenters. The summed E-state index contributed by atoms with van der Waals surface area (Å²) in [6, 6.07) is 0.283. The van der Waals surface area contributed by atoms with E-state index in [9.17, 15) is 4.79 Å². The van der Waals surface area contributed by atoms with Gasteiger partial charge in [0.25, 0.3) is 0 Å². The van der Waals surface area contributed by atoms with Crippen LogP contribution in [0.1, 0.15) is 32.6 Å². The number of hydrogen-bond acceptors (Lipinski definition) is 4. The Hall–Kier alpha value is -0.650. The van der Waals surface area contributed by atoms with E-state index in [0.717, 1.165) is 58.4 Å². The normalized spacial score (nSPS) is 30.2. The maximum Gasteiger partial charge on any atom is 0.225 e. The molecule has 20 heavy (non-hydrogen) atoms. The van der Waals surface area contributed by atoms with Crippen molar-refractivity contribution in [3.8, 4) is 0 Å². The molecule has 1 saturated carbocycles. The van der Waals surface area contributed by atoms with Crippen molar-refractivity contribution >= 4 is 5.91 Å². The van der Waals surface area contributed by atoms with Crippen LogP contribution in [0, 0.1) is 11.8 Å². The molecule has 0 aromatic rings. The van der Waals surface area contributed by atoms with Gasteiger partial charge in [-0.3, -0.25) is 9.69 Å². The van der Waals surface area contributed by atoms with Crippen molar-refractivity contribution in [2.24, 2.45) is 17.6 Å². The predicted molar refractivity (Wildman–Crippen MR) is 79.2 cm³/mol. The van der Waals surface area contributed by atoms with Gasteiger partial charge in [-0.1, -0.05) is 13.3 Å². The number of carbonyl (C=O) groups is 1. The largest absolute Gasteiger partial charge is 0.395 e. The van der Waals surface area contributed by atoms with Gasteiger partial charge >= 0.3 is 0 Å². The third-order valence-corrected chi connectivity index (χ3v) is 4.95. The summed E-state index contributed by atoms with van der Waals surface area (Å²) in [5, 5.41) is 8.94. The van der Waals surface area contributed by atoms with Crippen LogP contribution >= 0.6 is 0 Å². The predicted octanol–water partition coefficient (Wildman–Crippen LogP) is 0.277. The van der Waals surface area contributed by atoms with Crippen molar-refractivity contribution in [2.45, 2.75) is 38.6 Å². The van der Waals surface area contributed by atoms with Crippen LogP contribution in [0.15, 0.2) is 0 Å². The van der Waals surface area contributed by atoms with Gasteiger partial charge in [0.05, 0.1) is 6.61 Å². The zero-order valence-corrected chi connectivity index (χ0v) is 12.6. The molecule has 2 fully saturated rings. The van der Waals surface area contributed by atoms with Gasteiger partial charge in [0, 0.05) is 44.7 Å². The lowest BCUT2D eigenvalue weighted by molar-refractivity contribution is -0.139. The Morgan fingerprint density at radius 3 is 2.60 bits per heavy atom. The summed E-state index contributed by atoms with van der Waals surface area (Å²) in [6.07, 6.45) is 4.41. The fourth-order valence-corrected chi connectivity index (χ4v) is 3.54. The molecule has 1 aliphatic carbocycles. The van der Waals surface area contributed by atoms with Crippen LogP contribution in [-0.2, 0) is 4.79 Å². The lowest BCUT2D eigenvalue weighted by atomic mass is 9.78. The molecular weight excluding hydrogens is 254 g/mol. The number of aliphatic hydroxyl groups excluding tert-OH is 1. The van der Waals surface area contributed by atoms with Crippen LogP contribution in [0.3, 0.4) is 0 Å². The topological polar surface area (TPSA) is 69.8 Å². The van der Waals surface area contributed by atoms with Crippen molar-refractivity contribution in [3.63, 3.8) is 0 Å². The Balaban J connectivity index is 1.82. The minimum atomic E-state index is 0.103. The molecule has 116 valence electrons. The minimum absolute atomic E-state index is 0.103. The number of carbonyl (C=O) groups excluding carboxylic acids is 1. The van der Waals surface area contributed by atoms with Gasteiger partial charge in [0.2, 0.25) is 5.91 Å². The lowest BCUT2D eigenvalue weighted by Crippen LogP contribution is -2.51. The van der Waals surface area contributed by atoms with E-state index in [2.05, 4.69) is 11.8 Å². The van der Waals surface area contributed by atoms with E-state index in [1.54, 1.807) is 0 Å². The molecule has 2 rings (SSSR count). The van der Waals surface area contributed by atoms with Gasteiger partial charge in [-0.15, -0.1) is 0 Å². The van der Waals surface area contributed by atoms with E-state index < -0.39 is 0 Å². The number of β-amino-alcohol motifs (C(OH)–C–C–N with tert-alkyl or cyclic N) is 1. The molecule has 5 nitrogen and oxygen atoms in total. The summed E-state index contributed by atoms with van der Waals surface area (Å²) in [6.45, 7) is 6.33. The van der Waals surface area contributed by atoms with E-state index in [1.807, 2.05) is 4.90 Å². The Bertz CT molecular complexity index is 316. The van der Waals surface area contributed by atoms with Crippen LogP contribution in [0.2, 0.25) is 0 Å². The summed E-state index contributed by atoms with van der Waals surface area (Å²) in [5.74, 6) is 0.861. The quantitative estimate of drug-likeness (QED) is 0.777. The molecule has 1 saturated heterocycles. The first-order chi connectivity index (χ1) is 9.61. The number of hydrogen-bond donors (Lipinski definition) is 2. The Kier molecular flexibility index (Phi) is 5.81. The van der Waals surface area contributed by atoms with E-state index in [4.69, 9.17) is 10.8 Å². The highest BCUT2D eigenvalue weighted by atomic mass is 16.3. The van der Waals surface area contributed by atoms with Crippen LogP contribution < -0.4 is 5.73 Å². The maximum absolute atomic E-state index is 12.6. The van der Waals surface area contributed by atoms with Crippen LogP contribution in [-0.4, -0.2) is 66.2 Å². The van der Waals surface area contributed by atoms with E-state index in [-0.39, 0.29) is 18.6 Å². The number of aliphatic hydroxyl groups is 1. The van der Waals surface area contributed by atoms with E-state index in [0.29, 0.717) is 11.8 Å². The average molecular weight is 283 g/mol. The van der Waals surface area contributed by atoms with Crippen molar-refractivity contribution < 1.29 is 9.90 Å². The smallest absolute Gasteiger partial charge is 0.225 e. The van der Waals surface area contributed by atoms with Crippen LogP contribution in [0.5, 0.6) is 0 Å². The molecule has 0 aromatic carbocycles. The Morgan fingerprint density at radius 1 is 1.30 bits per heavy atom. The number of amides is 1. The summed E-state index contributed by atoms with van der Waals surface area (Å²) in [4.78, 5) is 16.8. The molecule has 0 aromatic heterocycles. The molecule has 3 atom stereocenters. The second kappa shape index (κ2) is 7.38. The van der Waals surface area contributed by atoms with Gasteiger partial charge < -0.3 is 15.7 Å². The molecule has 5 heteroatoms. The van der Waals surface area contributed by atoms with Crippen LogP contribution in [0.4, 0.5) is 0 Å². The summed E-state index contributed by atoms with van der Waals surface area (Å²) in [5.41, 5.74) is 6.04. The minimum Gasteiger partial charge on any atom is -0.395 e. The SMILES string of the molecule is CC(C(=O)N1CCN(CCO)CC1)C1CCCC(N)C1. The molecule has 3 N–H and O–H groups in total. The Labute approximate surface area is 122 Å². The van der Waals surface area contributed by atoms with E-state index in [1.165, 1.54) is 0 Å². The average Bonchev–Trinajstić information content (AvgIpc) is 2.47. The summed E-state index contributed by atoms with van der Waals surface area (Å²) < 4.78 is 0. The highest BCUT2D eigenvalue weighted by Crippen LogP contribution is 2.30. The second-order valence-corrected chi connectivity index (χ2v) is 6.37. The standard InChI is InChI=1S/C15H29N3O2/c1-12(13-3-2-4-14(16)11-13)15(20)18-7-5-17(6-8-18)9-10-19/h12-14,19H,2-11,16H2,1H3. The van der Waals surface area contributed by atoms with Crippen molar-refractivity contribution in [1.82, 2.24) is 9.80 Å². The third-order valence-electron chi connectivity index (χ3n) is 4.95. The van der Waals surface area contributed by atoms with Gasteiger partial charge in [0.15, 0.2) is 0 Å². The number of rotatable bonds is 4.